The van der Waals surface area contributed by atoms with Gasteiger partial charge in [-0.15, -0.1) is 11.3 Å². The van der Waals surface area contributed by atoms with Crippen LogP contribution in [-0.4, -0.2) is 79.3 Å². The van der Waals surface area contributed by atoms with Crippen molar-refractivity contribution in [2.24, 2.45) is 11.3 Å². The van der Waals surface area contributed by atoms with Crippen molar-refractivity contribution >= 4 is 56.5 Å². The summed E-state index contributed by atoms with van der Waals surface area (Å²) in [6, 6.07) is 11.7. The smallest absolute Gasteiger partial charge is 0.386 e. The highest BCUT2D eigenvalue weighted by molar-refractivity contribution is 7.18. The van der Waals surface area contributed by atoms with Gasteiger partial charge >= 0.3 is 6.18 Å². The molecular weight excluding hydrogens is 808 g/mol. The van der Waals surface area contributed by atoms with Gasteiger partial charge < -0.3 is 10.4 Å². The molecule has 4 aromatic rings. The Kier molecular flexibility index (Phi) is 10.5. The molecule has 5 aliphatic rings. The minimum Gasteiger partial charge on any atom is -0.386 e. The average molecular weight is 856 g/mol. The van der Waals surface area contributed by atoms with E-state index in [0.717, 1.165) is 83.9 Å². The molecule has 15 heteroatoms. The Hall–Kier alpha value is -4.86. The van der Waals surface area contributed by atoms with Gasteiger partial charge in [-0.1, -0.05) is 24.6 Å². The number of amides is 3. The number of alkyl halides is 3. The van der Waals surface area contributed by atoms with Gasteiger partial charge in [-0.2, -0.15) is 13.2 Å². The van der Waals surface area contributed by atoms with Gasteiger partial charge in [-0.3, -0.25) is 33.8 Å². The minimum atomic E-state index is -4.69. The first-order chi connectivity index (χ1) is 29.0. The number of aromatic nitrogens is 2. The lowest BCUT2D eigenvalue weighted by atomic mass is 9.56. The fourth-order valence-electron chi connectivity index (χ4n) is 10.6. The Morgan fingerprint density at radius 2 is 1.69 bits per heavy atom. The summed E-state index contributed by atoms with van der Waals surface area (Å²) in [5.74, 6) is -1.22. The SMILES string of the molecule is CC(C)(O)c1cc2nc(C3CCC(N4CC5(CC(CCCc6cccc7c6C(=O)N(C6CCC(=O)CC6=O)C7=O)C5)C4)CC3)sc2cc1NC(=O)c1cccc(C(F)(F)F)n1. The molecule has 9 rings (SSSR count). The van der Waals surface area contributed by atoms with E-state index in [-0.39, 0.29) is 42.4 Å². The maximum atomic E-state index is 13.5. The summed E-state index contributed by atoms with van der Waals surface area (Å²) in [4.78, 5) is 76.4. The van der Waals surface area contributed by atoms with Crippen LogP contribution in [0.5, 0.6) is 0 Å². The van der Waals surface area contributed by atoms with Crippen LogP contribution in [0.4, 0.5) is 18.9 Å². The van der Waals surface area contributed by atoms with Crippen molar-refractivity contribution in [3.05, 3.63) is 87.2 Å². The molecule has 0 radical (unpaired) electrons. The molecule has 1 saturated heterocycles. The molecule has 4 heterocycles. The number of nitrogens with one attached hydrogen (secondary N) is 1. The molecule has 2 aliphatic heterocycles. The number of hydrogen-bond donors (Lipinski definition) is 2. The van der Waals surface area contributed by atoms with Crippen LogP contribution in [0.25, 0.3) is 10.2 Å². The number of carbonyl (C=O) groups excluding carboxylic acids is 5. The molecule has 0 bridgehead atoms. The Balaban J connectivity index is 0.755. The zero-order chi connectivity index (χ0) is 43.0. The van der Waals surface area contributed by atoms with Crippen molar-refractivity contribution in [2.75, 3.05) is 18.4 Å². The number of likely N-dealkylation sites (tertiary alicyclic amines) is 1. The van der Waals surface area contributed by atoms with E-state index in [2.05, 4.69) is 15.2 Å². The summed E-state index contributed by atoms with van der Waals surface area (Å²) in [5.41, 5.74) is 0.515. The van der Waals surface area contributed by atoms with Crippen LogP contribution in [-0.2, 0) is 27.8 Å². The second-order valence-electron chi connectivity index (χ2n) is 18.5. The minimum absolute atomic E-state index is 0.145. The summed E-state index contributed by atoms with van der Waals surface area (Å²) < 4.78 is 40.6. The molecule has 3 aliphatic carbocycles. The van der Waals surface area contributed by atoms with Gasteiger partial charge in [-0.25, -0.2) is 9.97 Å². The van der Waals surface area contributed by atoms with E-state index >= 15 is 0 Å². The average Bonchev–Trinajstić information content (AvgIpc) is 3.71. The van der Waals surface area contributed by atoms with Gasteiger partial charge in [-0.05, 0) is 119 Å². The fraction of sp³-hybridized carbons (Fsp3) is 0.500. The number of thiazole rings is 1. The van der Waals surface area contributed by atoms with Crippen molar-refractivity contribution in [3.63, 3.8) is 0 Å². The predicted molar refractivity (Wildman–Crippen MR) is 221 cm³/mol. The molecule has 2 aromatic carbocycles. The summed E-state index contributed by atoms with van der Waals surface area (Å²) in [6.07, 6.45) is 4.73. The molecule has 1 unspecified atom stereocenters. The number of Topliss-reactive ketones (excluding diaryl/α,β-unsaturated/α-hetero) is 2. The Morgan fingerprint density at radius 3 is 2.39 bits per heavy atom. The van der Waals surface area contributed by atoms with Gasteiger partial charge in [0.25, 0.3) is 17.7 Å². The number of carbonyl (C=O) groups is 5. The summed E-state index contributed by atoms with van der Waals surface area (Å²) in [5, 5.41) is 14.7. The highest BCUT2D eigenvalue weighted by atomic mass is 32.1. The van der Waals surface area contributed by atoms with E-state index in [1.54, 1.807) is 43.4 Å². The van der Waals surface area contributed by atoms with Gasteiger partial charge in [0.05, 0.1) is 44.4 Å². The standard InChI is InChI=1S/C46H48F3N5O6S/c1-44(2,60)31-19-34-37(20-33(31)51-40(57)32-10-5-11-38(50-32)46(47,48)49)61-41(52-34)27-12-14-28(15-13-27)53-23-45(24-53)21-25(22-45)6-3-7-26-8-4-9-30-39(26)43(59)54(42(30)58)35-17-16-29(55)18-36(35)56/h4-5,8-11,19-20,25,27-28,35,60H,3,6-7,12-18,21-24H2,1-2H3,(H,51,57). The lowest BCUT2D eigenvalue weighted by Crippen LogP contribution is -2.65. The van der Waals surface area contributed by atoms with Crippen LogP contribution in [0.2, 0.25) is 0 Å². The molecule has 11 nitrogen and oxygen atoms in total. The number of halogens is 3. The number of ketones is 2. The number of aryl methyl sites for hydroxylation is 1. The maximum absolute atomic E-state index is 13.5. The molecule has 4 fully saturated rings. The number of nitrogens with zero attached hydrogens (tertiary/aromatic N) is 4. The Labute approximate surface area is 355 Å². The van der Waals surface area contributed by atoms with Crippen molar-refractivity contribution in [1.82, 2.24) is 19.8 Å². The summed E-state index contributed by atoms with van der Waals surface area (Å²) in [6.45, 7) is 5.40. The maximum Gasteiger partial charge on any atom is 0.433 e. The molecule has 1 spiro atoms. The van der Waals surface area contributed by atoms with Gasteiger partial charge in [0.15, 0.2) is 5.78 Å². The molecule has 2 N–H and O–H groups in total. The van der Waals surface area contributed by atoms with Crippen LogP contribution in [0.1, 0.15) is 143 Å². The van der Waals surface area contributed by atoms with Gasteiger partial charge in [0.2, 0.25) is 0 Å². The molecule has 2 aromatic heterocycles. The number of fused-ring (bicyclic) bond motifs is 2. The fourth-order valence-corrected chi connectivity index (χ4v) is 11.8. The molecule has 320 valence electrons. The third-order valence-electron chi connectivity index (χ3n) is 13.6. The molecule has 3 amide bonds. The van der Waals surface area contributed by atoms with E-state index in [4.69, 9.17) is 4.98 Å². The largest absolute Gasteiger partial charge is 0.433 e. The van der Waals surface area contributed by atoms with E-state index in [1.807, 2.05) is 12.1 Å². The Morgan fingerprint density at radius 1 is 0.951 bits per heavy atom. The molecule has 61 heavy (non-hydrogen) atoms. The third-order valence-corrected chi connectivity index (χ3v) is 14.8. The Bertz CT molecular complexity index is 2450. The van der Waals surface area contributed by atoms with E-state index < -0.39 is 41.2 Å². The lowest BCUT2D eigenvalue weighted by molar-refractivity contribution is -0.141. The number of benzene rings is 2. The van der Waals surface area contributed by atoms with Crippen LogP contribution in [0, 0.1) is 11.3 Å². The van der Waals surface area contributed by atoms with Crippen LogP contribution in [0.3, 0.4) is 0 Å². The van der Waals surface area contributed by atoms with Gasteiger partial charge in [0, 0.05) is 42.7 Å². The third kappa shape index (κ3) is 7.93. The van der Waals surface area contributed by atoms with Crippen LogP contribution in [0.15, 0.2) is 48.5 Å². The monoisotopic (exact) mass is 855 g/mol. The first-order valence-electron chi connectivity index (χ1n) is 21.3. The summed E-state index contributed by atoms with van der Waals surface area (Å²) in [7, 11) is 0. The topological polar surface area (TPSA) is 150 Å². The van der Waals surface area contributed by atoms with E-state index in [0.29, 0.717) is 51.7 Å². The first kappa shape index (κ1) is 41.5. The lowest BCUT2D eigenvalue weighted by Gasteiger charge is -2.62. The number of hydrogen-bond acceptors (Lipinski definition) is 10. The van der Waals surface area contributed by atoms with Gasteiger partial charge in [0.1, 0.15) is 17.2 Å². The number of imide groups is 1. The summed E-state index contributed by atoms with van der Waals surface area (Å²) >= 11 is 1.55. The van der Waals surface area contributed by atoms with Crippen LogP contribution >= 0.6 is 11.3 Å². The molecular formula is C46H48F3N5O6S. The quantitative estimate of drug-likeness (QED) is 0.119. The zero-order valence-electron chi connectivity index (χ0n) is 34.1. The highest BCUT2D eigenvalue weighted by Crippen LogP contribution is 2.55. The number of anilines is 1. The van der Waals surface area contributed by atoms with Crippen molar-refractivity contribution in [3.8, 4) is 0 Å². The van der Waals surface area contributed by atoms with Crippen molar-refractivity contribution in [1.29, 1.82) is 0 Å². The number of aliphatic hydroxyl groups is 1. The second-order valence-corrected chi connectivity index (χ2v) is 19.5. The van der Waals surface area contributed by atoms with E-state index in [1.165, 1.54) is 18.9 Å². The predicted octanol–water partition coefficient (Wildman–Crippen LogP) is 8.24. The number of rotatable bonds is 10. The molecule has 3 saturated carbocycles. The first-order valence-corrected chi connectivity index (χ1v) is 22.1. The van der Waals surface area contributed by atoms with Crippen LogP contribution < -0.4 is 5.32 Å². The number of pyridine rings is 1. The zero-order valence-corrected chi connectivity index (χ0v) is 35.0. The van der Waals surface area contributed by atoms with Crippen molar-refractivity contribution in [2.45, 2.75) is 121 Å². The van der Waals surface area contributed by atoms with E-state index in [9.17, 15) is 42.3 Å². The second kappa shape index (κ2) is 15.5. The highest BCUT2D eigenvalue weighted by Gasteiger charge is 2.53. The normalized spacial score (nSPS) is 23.4. The molecule has 1 atom stereocenters. The van der Waals surface area contributed by atoms with Crippen molar-refractivity contribution < 1.29 is 42.3 Å².